The molecule has 0 aliphatic heterocycles. The predicted octanol–water partition coefficient (Wildman–Crippen LogP) is 2.35. The Morgan fingerprint density at radius 2 is 1.30 bits per heavy atom. The average Bonchev–Trinajstić information content (AvgIpc) is 3.31. The molecule has 4 aromatic carbocycles. The van der Waals surface area contributed by atoms with Crippen molar-refractivity contribution in [3.63, 3.8) is 0 Å². The first-order valence-corrected chi connectivity index (χ1v) is 23.4. The summed E-state index contributed by atoms with van der Waals surface area (Å²) in [6.07, 6.45) is -0.694. The van der Waals surface area contributed by atoms with Crippen LogP contribution in [0.4, 0.5) is 5.69 Å². The minimum atomic E-state index is -3.08. The van der Waals surface area contributed by atoms with Crippen molar-refractivity contribution in [2.24, 2.45) is 17.6 Å². The van der Waals surface area contributed by atoms with Crippen LogP contribution in [-0.2, 0) is 24.0 Å². The first kappa shape index (κ1) is 48.2. The van der Waals surface area contributed by atoms with Crippen LogP contribution in [0.3, 0.4) is 0 Å². The number of rotatable bonds is 15. The molecule has 0 unspecified atom stereocenters. The third kappa shape index (κ3) is 8.15. The maximum atomic E-state index is 14.4. The number of aliphatic hydroxyl groups is 4. The number of phenols is 1. The van der Waals surface area contributed by atoms with Crippen molar-refractivity contribution in [2.45, 2.75) is 43.4 Å². The Labute approximate surface area is 387 Å². The van der Waals surface area contributed by atoms with E-state index in [1.807, 2.05) is 72.8 Å². The zero-order valence-corrected chi connectivity index (χ0v) is 38.7. The molecule has 18 heteroatoms. The standard InChI is InChI=1S/C49H53N4O13P/c1-25-32-21-22-33(42(56)37(32)43(57)38-36(25)44(58)40-41(53(2)3)45(59)39(48(50)62)47(61)49(40,63)46(38)60)52-35(55)24-51-34(54)8-7-23-67(29-15-9-26(64-4)10-16-29,30-17-11-27(65-5)12-18-30)31-19-13-28(66-6)14-20-31/h9-22,25,36,40-41,44,58,63H,7-8,23-24H2,1-6H3,(H6-,50,51,52,54,55,56,57,59,60,61,62)/p+1/t25-,36+,40+,41-,44-,49-/m0/s1. The number of carbonyl (C=O) groups excluding carboxylic acids is 5. The Morgan fingerprint density at radius 1 is 0.791 bits per heavy atom. The highest BCUT2D eigenvalue weighted by Crippen LogP contribution is 2.58. The number of hydrogen-bond acceptors (Lipinski definition) is 14. The zero-order chi connectivity index (χ0) is 48.7. The van der Waals surface area contributed by atoms with E-state index in [0.29, 0.717) is 29.8 Å². The van der Waals surface area contributed by atoms with Crippen LogP contribution in [0.25, 0.3) is 5.76 Å². The molecule has 0 aromatic heterocycles. The second-order valence-electron chi connectivity index (χ2n) is 17.0. The minimum absolute atomic E-state index is 0.0598. The molecule has 0 saturated heterocycles. The van der Waals surface area contributed by atoms with E-state index in [4.69, 9.17) is 19.9 Å². The Hall–Kier alpha value is -6.78. The average molecular weight is 938 g/mol. The number of aliphatic hydroxyl groups excluding tert-OH is 3. The third-order valence-corrected chi connectivity index (χ3v) is 17.8. The van der Waals surface area contributed by atoms with Gasteiger partial charge in [-0.15, -0.1) is 0 Å². The van der Waals surface area contributed by atoms with Crippen LogP contribution in [0, 0.1) is 11.8 Å². The zero-order valence-electron chi connectivity index (χ0n) is 37.8. The van der Waals surface area contributed by atoms with Crippen LogP contribution in [0.5, 0.6) is 23.0 Å². The van der Waals surface area contributed by atoms with Gasteiger partial charge in [0.25, 0.3) is 5.91 Å². The van der Waals surface area contributed by atoms with Gasteiger partial charge < -0.3 is 56.1 Å². The summed E-state index contributed by atoms with van der Waals surface area (Å²) in [6.45, 7) is 1.11. The number of phenolic OH excluding ortho intramolecular Hbond substituents is 1. The van der Waals surface area contributed by atoms with E-state index < -0.39 is 107 Å². The number of nitrogens with two attached hydrogens (primary N) is 1. The second-order valence-corrected chi connectivity index (χ2v) is 20.6. The minimum Gasteiger partial charge on any atom is -0.508 e. The Morgan fingerprint density at radius 3 is 1.76 bits per heavy atom. The number of nitrogens with zero attached hydrogens (tertiary/aromatic N) is 1. The summed E-state index contributed by atoms with van der Waals surface area (Å²) in [4.78, 5) is 68.2. The number of anilines is 1. The third-order valence-electron chi connectivity index (χ3n) is 13.3. The fourth-order valence-corrected chi connectivity index (χ4v) is 14.3. The number of aromatic hydroxyl groups is 1. The topological polar surface area (TPSA) is 268 Å². The highest BCUT2D eigenvalue weighted by Gasteiger charge is 2.68. The lowest BCUT2D eigenvalue weighted by Crippen LogP contribution is -2.70. The molecule has 17 nitrogen and oxygen atoms in total. The molecule has 67 heavy (non-hydrogen) atoms. The van der Waals surface area contributed by atoms with Crippen LogP contribution in [0.1, 0.15) is 36.8 Å². The fraction of sp³-hybridized carbons (Fsp3) is 0.327. The molecular formula is C49H54N4O13P+. The van der Waals surface area contributed by atoms with E-state index in [2.05, 4.69) is 10.6 Å². The lowest BCUT2D eigenvalue weighted by molar-refractivity contribution is -0.169. The number of nitrogens with one attached hydrogen (secondary N) is 2. The number of likely N-dealkylation sites (N-methyl/N-ethyl adjacent to an activating group) is 1. The lowest BCUT2D eigenvalue weighted by Gasteiger charge is -2.53. The van der Waals surface area contributed by atoms with E-state index in [1.54, 1.807) is 28.3 Å². The Balaban J connectivity index is 1.10. The SMILES string of the molecule is COc1ccc([P+](CCCC(=O)NCC(=O)Nc2ccc3c(c2O)C(O)=C2C(=O)[C@]4(O)C(O)=C(C(N)=O)C(=O)[C@@H](N(C)C)[C@@H]4[C@@H](O)[C@@H]2[C@H]3C)(c2ccc(OC)cc2)c2ccc(OC)cc2)cc1. The molecule has 0 heterocycles. The fourth-order valence-electron chi connectivity index (χ4n) is 10.0. The van der Waals surface area contributed by atoms with Gasteiger partial charge in [-0.3, -0.25) is 28.9 Å². The van der Waals surface area contributed by atoms with Gasteiger partial charge in [0.15, 0.2) is 11.4 Å². The molecule has 0 spiro atoms. The molecular weight excluding hydrogens is 884 g/mol. The first-order chi connectivity index (χ1) is 31.9. The van der Waals surface area contributed by atoms with Gasteiger partial charge in [0.1, 0.15) is 63.3 Å². The van der Waals surface area contributed by atoms with Crippen molar-refractivity contribution in [2.75, 3.05) is 53.4 Å². The van der Waals surface area contributed by atoms with Gasteiger partial charge in [0.05, 0.1) is 63.4 Å². The van der Waals surface area contributed by atoms with Crippen molar-refractivity contribution in [1.29, 1.82) is 0 Å². The summed E-state index contributed by atoms with van der Waals surface area (Å²) in [5, 5.41) is 66.6. The number of primary amides is 1. The number of Topliss-reactive ketones (excluding diaryl/α,β-unsaturated/α-hetero) is 2. The molecule has 1 fully saturated rings. The van der Waals surface area contributed by atoms with Gasteiger partial charge >= 0.3 is 0 Å². The monoisotopic (exact) mass is 937 g/mol. The van der Waals surface area contributed by atoms with Gasteiger partial charge in [0, 0.05) is 17.9 Å². The number of hydrogen-bond donors (Lipinski definition) is 8. The van der Waals surface area contributed by atoms with E-state index in [1.165, 1.54) is 31.1 Å². The number of benzene rings is 4. The van der Waals surface area contributed by atoms with Crippen LogP contribution in [0.2, 0.25) is 0 Å². The van der Waals surface area contributed by atoms with Gasteiger partial charge in [-0.25, -0.2) is 0 Å². The molecule has 9 N–H and O–H groups in total. The molecule has 3 aliphatic rings. The number of amides is 3. The number of ketones is 2. The van der Waals surface area contributed by atoms with E-state index >= 15 is 0 Å². The van der Waals surface area contributed by atoms with Gasteiger partial charge in [-0.05, 0) is 111 Å². The smallest absolute Gasteiger partial charge is 0.255 e. The second kappa shape index (κ2) is 18.8. The molecule has 3 aliphatic carbocycles. The van der Waals surface area contributed by atoms with Crippen molar-refractivity contribution in [3.8, 4) is 23.0 Å². The highest BCUT2D eigenvalue weighted by atomic mass is 31.2. The number of carbonyl (C=O) groups is 5. The normalized spacial score (nSPS) is 22.4. The van der Waals surface area contributed by atoms with E-state index in [-0.39, 0.29) is 23.2 Å². The summed E-state index contributed by atoms with van der Waals surface area (Å²) in [7, 11) is 5.22. The van der Waals surface area contributed by atoms with Crippen molar-refractivity contribution < 1.29 is 63.7 Å². The molecule has 4 aromatic rings. The maximum Gasteiger partial charge on any atom is 0.255 e. The quantitative estimate of drug-likeness (QED) is 0.0484. The number of methoxy groups -OCH3 is 3. The number of fused-ring (bicyclic) bond motifs is 3. The predicted molar refractivity (Wildman–Crippen MR) is 251 cm³/mol. The van der Waals surface area contributed by atoms with Crippen molar-refractivity contribution >= 4 is 63.9 Å². The first-order valence-electron chi connectivity index (χ1n) is 21.4. The Bertz CT molecular complexity index is 2570. The maximum absolute atomic E-state index is 14.4. The van der Waals surface area contributed by atoms with Crippen LogP contribution < -0.4 is 46.5 Å². The molecule has 0 radical (unpaired) electrons. The lowest BCUT2D eigenvalue weighted by atomic mass is 9.54. The summed E-state index contributed by atoms with van der Waals surface area (Å²) in [6, 6.07) is 25.0. The summed E-state index contributed by atoms with van der Waals surface area (Å²) < 4.78 is 16.4. The molecule has 7 rings (SSSR count). The molecule has 352 valence electrons. The van der Waals surface area contributed by atoms with E-state index in [9.17, 15) is 49.5 Å². The summed E-state index contributed by atoms with van der Waals surface area (Å²) in [5.74, 6) is -9.47. The van der Waals surface area contributed by atoms with Crippen molar-refractivity contribution in [3.05, 3.63) is 113 Å². The summed E-state index contributed by atoms with van der Waals surface area (Å²) in [5.41, 5.74) is 0.502. The van der Waals surface area contributed by atoms with Gasteiger partial charge in [-0.1, -0.05) is 13.0 Å². The van der Waals surface area contributed by atoms with Crippen molar-refractivity contribution in [1.82, 2.24) is 10.2 Å². The van der Waals surface area contributed by atoms with Crippen LogP contribution in [-0.4, -0.2) is 126 Å². The molecule has 6 atom stereocenters. The Kier molecular flexibility index (Phi) is 13.5. The van der Waals surface area contributed by atoms with Crippen LogP contribution in [0.15, 0.2) is 102 Å². The number of ether oxygens (including phenoxy) is 3. The van der Waals surface area contributed by atoms with E-state index in [0.717, 1.165) is 15.9 Å². The molecule has 0 bridgehead atoms. The summed E-state index contributed by atoms with van der Waals surface area (Å²) >= 11 is 0. The van der Waals surface area contributed by atoms with Gasteiger partial charge in [0.2, 0.25) is 17.6 Å². The molecule has 1 saturated carbocycles. The van der Waals surface area contributed by atoms with Crippen LogP contribution >= 0.6 is 7.26 Å². The molecule has 3 amide bonds. The largest absolute Gasteiger partial charge is 0.508 e. The highest BCUT2D eigenvalue weighted by molar-refractivity contribution is 7.95. The van der Waals surface area contributed by atoms with Gasteiger partial charge in [-0.2, -0.15) is 0 Å².